The monoisotopic (exact) mass is 224 g/mol. The van der Waals surface area contributed by atoms with Gasteiger partial charge in [0.1, 0.15) is 11.6 Å². The van der Waals surface area contributed by atoms with Gasteiger partial charge in [-0.25, -0.2) is 8.78 Å². The molecule has 0 saturated heterocycles. The minimum Gasteiger partial charge on any atom is -0.304 e. The van der Waals surface area contributed by atoms with Crippen molar-refractivity contribution in [3.8, 4) is 6.07 Å². The molecule has 0 aliphatic carbocycles. The number of benzene rings is 1. The number of nitrogens with zero attached hydrogens (tertiary/aromatic N) is 1. The van der Waals surface area contributed by atoms with Crippen LogP contribution >= 0.6 is 0 Å². The second kappa shape index (κ2) is 5.04. The topological polar surface area (TPSA) is 35.8 Å². The van der Waals surface area contributed by atoms with E-state index in [0.717, 1.165) is 6.07 Å². The Kier molecular flexibility index (Phi) is 3.97. The minimum absolute atomic E-state index is 0.215. The second-order valence-corrected chi connectivity index (χ2v) is 4.27. The molecule has 1 aromatic rings. The highest BCUT2D eigenvalue weighted by atomic mass is 19.1. The van der Waals surface area contributed by atoms with Crippen molar-refractivity contribution in [2.24, 2.45) is 0 Å². The van der Waals surface area contributed by atoms with Crippen LogP contribution in [-0.2, 0) is 5.41 Å². The SMILES string of the molecule is CC(C)(CNCC#N)c1ccc(F)cc1F. The molecule has 0 saturated carbocycles. The smallest absolute Gasteiger partial charge is 0.129 e. The van der Waals surface area contributed by atoms with Crippen LogP contribution in [0.3, 0.4) is 0 Å². The lowest BCUT2D eigenvalue weighted by Crippen LogP contribution is -2.34. The first-order chi connectivity index (χ1) is 7.47. The maximum Gasteiger partial charge on any atom is 0.129 e. The molecule has 0 radical (unpaired) electrons. The van der Waals surface area contributed by atoms with Crippen molar-refractivity contribution in [1.29, 1.82) is 5.26 Å². The van der Waals surface area contributed by atoms with Gasteiger partial charge in [0.05, 0.1) is 12.6 Å². The Bertz CT molecular complexity index is 408. The van der Waals surface area contributed by atoms with Crippen molar-refractivity contribution in [3.63, 3.8) is 0 Å². The number of rotatable bonds is 4. The Hall–Kier alpha value is -1.47. The molecule has 0 aromatic heterocycles. The number of hydrogen-bond acceptors (Lipinski definition) is 2. The quantitative estimate of drug-likeness (QED) is 0.629. The Morgan fingerprint density at radius 2 is 2.06 bits per heavy atom. The van der Waals surface area contributed by atoms with Gasteiger partial charge in [-0.05, 0) is 11.6 Å². The van der Waals surface area contributed by atoms with E-state index in [1.54, 1.807) is 0 Å². The summed E-state index contributed by atoms with van der Waals surface area (Å²) in [6, 6.07) is 5.51. The lowest BCUT2D eigenvalue weighted by atomic mass is 9.84. The van der Waals surface area contributed by atoms with E-state index >= 15 is 0 Å². The standard InChI is InChI=1S/C12H14F2N2/c1-12(2,8-16-6-5-15)10-4-3-9(13)7-11(10)14/h3-4,7,16H,6,8H2,1-2H3. The second-order valence-electron chi connectivity index (χ2n) is 4.27. The fraction of sp³-hybridized carbons (Fsp3) is 0.417. The summed E-state index contributed by atoms with van der Waals surface area (Å²) in [6.45, 7) is 4.36. The minimum atomic E-state index is -0.581. The first-order valence-electron chi connectivity index (χ1n) is 5.00. The van der Waals surface area contributed by atoms with Gasteiger partial charge in [-0.15, -0.1) is 0 Å². The largest absolute Gasteiger partial charge is 0.304 e. The van der Waals surface area contributed by atoms with Gasteiger partial charge in [-0.3, -0.25) is 0 Å². The molecule has 0 aliphatic heterocycles. The van der Waals surface area contributed by atoms with Crippen LogP contribution < -0.4 is 5.32 Å². The molecule has 2 nitrogen and oxygen atoms in total. The molecule has 0 fully saturated rings. The van der Waals surface area contributed by atoms with Gasteiger partial charge in [-0.2, -0.15) is 5.26 Å². The van der Waals surface area contributed by atoms with Crippen LogP contribution in [-0.4, -0.2) is 13.1 Å². The highest BCUT2D eigenvalue weighted by molar-refractivity contribution is 5.26. The predicted octanol–water partition coefficient (Wildman–Crippen LogP) is 2.36. The molecule has 4 heteroatoms. The summed E-state index contributed by atoms with van der Waals surface area (Å²) in [5.74, 6) is -1.13. The first-order valence-corrected chi connectivity index (χ1v) is 5.00. The van der Waals surface area contributed by atoms with Crippen LogP contribution in [0.4, 0.5) is 8.78 Å². The Balaban J connectivity index is 2.85. The van der Waals surface area contributed by atoms with Crippen LogP contribution in [0.25, 0.3) is 0 Å². The van der Waals surface area contributed by atoms with Crippen molar-refractivity contribution in [2.75, 3.05) is 13.1 Å². The number of nitriles is 1. The van der Waals surface area contributed by atoms with E-state index in [-0.39, 0.29) is 6.54 Å². The van der Waals surface area contributed by atoms with Crippen LogP contribution in [0.1, 0.15) is 19.4 Å². The third kappa shape index (κ3) is 3.01. The summed E-state index contributed by atoms with van der Waals surface area (Å²) in [7, 11) is 0. The molecule has 0 amide bonds. The van der Waals surface area contributed by atoms with Gasteiger partial charge >= 0.3 is 0 Å². The van der Waals surface area contributed by atoms with Crippen molar-refractivity contribution in [3.05, 3.63) is 35.4 Å². The molecule has 1 aromatic carbocycles. The van der Waals surface area contributed by atoms with E-state index in [1.807, 2.05) is 19.9 Å². The third-order valence-corrected chi connectivity index (χ3v) is 2.43. The zero-order valence-electron chi connectivity index (χ0n) is 9.35. The fourth-order valence-electron chi connectivity index (χ4n) is 1.56. The van der Waals surface area contributed by atoms with Gasteiger partial charge in [0.15, 0.2) is 0 Å². The van der Waals surface area contributed by atoms with Crippen LogP contribution in [0.5, 0.6) is 0 Å². The maximum atomic E-state index is 13.5. The van der Waals surface area contributed by atoms with E-state index in [2.05, 4.69) is 5.32 Å². The third-order valence-electron chi connectivity index (χ3n) is 2.43. The number of nitrogens with one attached hydrogen (secondary N) is 1. The summed E-state index contributed by atoms with van der Waals surface area (Å²) in [6.07, 6.45) is 0. The lowest BCUT2D eigenvalue weighted by Gasteiger charge is -2.25. The average Bonchev–Trinajstić information content (AvgIpc) is 2.17. The van der Waals surface area contributed by atoms with Crippen LogP contribution in [0.2, 0.25) is 0 Å². The summed E-state index contributed by atoms with van der Waals surface area (Å²) in [5, 5.41) is 11.3. The Labute approximate surface area is 93.9 Å². The van der Waals surface area contributed by atoms with E-state index in [9.17, 15) is 8.78 Å². The molecule has 0 heterocycles. The molecule has 16 heavy (non-hydrogen) atoms. The molecular formula is C12H14F2N2. The Morgan fingerprint density at radius 3 is 2.62 bits per heavy atom. The molecule has 1 rings (SSSR count). The van der Waals surface area contributed by atoms with Crippen molar-refractivity contribution >= 4 is 0 Å². The van der Waals surface area contributed by atoms with E-state index in [0.29, 0.717) is 12.1 Å². The summed E-state index contributed by atoms with van der Waals surface area (Å²) in [4.78, 5) is 0. The summed E-state index contributed by atoms with van der Waals surface area (Å²) < 4.78 is 26.3. The fourth-order valence-corrected chi connectivity index (χ4v) is 1.56. The molecular weight excluding hydrogens is 210 g/mol. The molecule has 0 unspecified atom stereocenters. The van der Waals surface area contributed by atoms with Gasteiger partial charge in [-0.1, -0.05) is 19.9 Å². The van der Waals surface area contributed by atoms with Crippen LogP contribution in [0, 0.1) is 23.0 Å². The van der Waals surface area contributed by atoms with Crippen molar-refractivity contribution in [2.45, 2.75) is 19.3 Å². The van der Waals surface area contributed by atoms with Crippen molar-refractivity contribution < 1.29 is 8.78 Å². The van der Waals surface area contributed by atoms with Gasteiger partial charge < -0.3 is 5.32 Å². The van der Waals surface area contributed by atoms with Gasteiger partial charge in [0, 0.05) is 18.0 Å². The lowest BCUT2D eigenvalue weighted by molar-refractivity contribution is 0.452. The van der Waals surface area contributed by atoms with E-state index in [1.165, 1.54) is 12.1 Å². The molecule has 0 spiro atoms. The highest BCUT2D eigenvalue weighted by Gasteiger charge is 2.23. The zero-order valence-corrected chi connectivity index (χ0v) is 9.35. The number of halogens is 2. The van der Waals surface area contributed by atoms with Crippen LogP contribution in [0.15, 0.2) is 18.2 Å². The summed E-state index contributed by atoms with van der Waals surface area (Å²) >= 11 is 0. The first kappa shape index (κ1) is 12.6. The van der Waals surface area contributed by atoms with E-state index in [4.69, 9.17) is 5.26 Å². The molecule has 86 valence electrons. The Morgan fingerprint density at radius 1 is 1.38 bits per heavy atom. The molecule has 0 aliphatic rings. The molecule has 1 N–H and O–H groups in total. The molecule has 0 bridgehead atoms. The van der Waals surface area contributed by atoms with Gasteiger partial charge in [0.2, 0.25) is 0 Å². The summed E-state index contributed by atoms with van der Waals surface area (Å²) in [5.41, 5.74) is -0.0337. The highest BCUT2D eigenvalue weighted by Crippen LogP contribution is 2.25. The van der Waals surface area contributed by atoms with Crippen molar-refractivity contribution in [1.82, 2.24) is 5.32 Å². The molecule has 0 atom stereocenters. The zero-order chi connectivity index (χ0) is 12.2. The van der Waals surface area contributed by atoms with Gasteiger partial charge in [0.25, 0.3) is 0 Å². The normalized spacial score (nSPS) is 11.2. The predicted molar refractivity (Wildman–Crippen MR) is 57.9 cm³/mol. The van der Waals surface area contributed by atoms with E-state index < -0.39 is 17.0 Å². The number of hydrogen-bond donors (Lipinski definition) is 1. The average molecular weight is 224 g/mol. The maximum absolute atomic E-state index is 13.5.